The molecule has 148 valence electrons. The average Bonchev–Trinajstić information content (AvgIpc) is 2.66. The van der Waals surface area contributed by atoms with Gasteiger partial charge < -0.3 is 20.1 Å². The number of carbonyl (C=O) groups is 1. The van der Waals surface area contributed by atoms with Crippen molar-refractivity contribution in [3.8, 4) is 11.5 Å². The number of rotatable bonds is 3. The number of methoxy groups -OCH3 is 2. The zero-order chi connectivity index (χ0) is 19.1. The maximum absolute atomic E-state index is 12.6. The Balaban J connectivity index is 1.57. The van der Waals surface area contributed by atoms with E-state index in [1.165, 1.54) is 11.1 Å². The summed E-state index contributed by atoms with van der Waals surface area (Å²) in [4.78, 5) is 17.2. The first-order valence-corrected chi connectivity index (χ1v) is 10.1. The third kappa shape index (κ3) is 3.29. The molecule has 0 bridgehead atoms. The molecular formula is C21H31N3O3. The van der Waals surface area contributed by atoms with Gasteiger partial charge in [-0.1, -0.05) is 6.92 Å². The SMILES string of the molecule is COc1cc2c(cc1OC)[C@@H]1C[C@H](N)[C@@H](N3CCC(C)CC3=O)CN1CC2. The molecule has 4 rings (SSSR count). The van der Waals surface area contributed by atoms with Crippen LogP contribution in [-0.2, 0) is 11.2 Å². The second-order valence-corrected chi connectivity index (χ2v) is 8.32. The number of nitrogens with two attached hydrogens (primary N) is 1. The van der Waals surface area contributed by atoms with Gasteiger partial charge in [-0.05, 0) is 48.4 Å². The van der Waals surface area contributed by atoms with Crippen molar-refractivity contribution in [1.29, 1.82) is 0 Å². The van der Waals surface area contributed by atoms with Gasteiger partial charge in [-0.25, -0.2) is 0 Å². The lowest BCUT2D eigenvalue weighted by Gasteiger charge is -2.50. The molecule has 0 aliphatic carbocycles. The highest BCUT2D eigenvalue weighted by Crippen LogP contribution is 2.42. The second kappa shape index (κ2) is 7.32. The maximum atomic E-state index is 12.6. The van der Waals surface area contributed by atoms with Crippen molar-refractivity contribution >= 4 is 5.91 Å². The molecule has 1 amide bonds. The minimum absolute atomic E-state index is 0.00246. The Kier molecular flexibility index (Phi) is 5.03. The minimum Gasteiger partial charge on any atom is -0.493 e. The number of piperidine rings is 2. The molecule has 0 radical (unpaired) electrons. The molecule has 1 unspecified atom stereocenters. The number of fused-ring (bicyclic) bond motifs is 3. The number of ether oxygens (including phenoxy) is 2. The van der Waals surface area contributed by atoms with Gasteiger partial charge in [0.15, 0.2) is 11.5 Å². The molecule has 0 spiro atoms. The third-order valence-corrected chi connectivity index (χ3v) is 6.63. The Hall–Kier alpha value is -1.79. The summed E-state index contributed by atoms with van der Waals surface area (Å²) in [6, 6.07) is 4.65. The zero-order valence-electron chi connectivity index (χ0n) is 16.6. The van der Waals surface area contributed by atoms with E-state index in [4.69, 9.17) is 15.2 Å². The molecule has 3 aliphatic heterocycles. The van der Waals surface area contributed by atoms with Crippen LogP contribution >= 0.6 is 0 Å². The molecule has 2 fully saturated rings. The van der Waals surface area contributed by atoms with E-state index in [1.54, 1.807) is 14.2 Å². The highest BCUT2D eigenvalue weighted by molar-refractivity contribution is 5.77. The van der Waals surface area contributed by atoms with Gasteiger partial charge in [-0.2, -0.15) is 0 Å². The topological polar surface area (TPSA) is 68.0 Å². The van der Waals surface area contributed by atoms with Crippen molar-refractivity contribution < 1.29 is 14.3 Å². The van der Waals surface area contributed by atoms with Gasteiger partial charge in [-0.3, -0.25) is 9.69 Å². The number of carbonyl (C=O) groups excluding carboxylic acids is 1. The summed E-state index contributed by atoms with van der Waals surface area (Å²) in [7, 11) is 3.35. The standard InChI is InChI=1S/C21H31N3O3/c1-13-4-7-24(21(25)8-13)18-12-23-6-5-14-9-19(26-2)20(27-3)10-15(14)17(23)11-16(18)22/h9-10,13,16-18H,4-8,11-12,22H2,1-3H3/t13?,16-,17-,18-/m0/s1. The van der Waals surface area contributed by atoms with Crippen LogP contribution in [0, 0.1) is 5.92 Å². The molecule has 6 heteroatoms. The Morgan fingerprint density at radius 1 is 1.15 bits per heavy atom. The predicted molar refractivity (Wildman–Crippen MR) is 104 cm³/mol. The fraction of sp³-hybridized carbons (Fsp3) is 0.667. The van der Waals surface area contributed by atoms with Gasteiger partial charge in [0.1, 0.15) is 0 Å². The van der Waals surface area contributed by atoms with Crippen LogP contribution in [0.15, 0.2) is 12.1 Å². The summed E-state index contributed by atoms with van der Waals surface area (Å²) in [5, 5.41) is 0. The fourth-order valence-corrected chi connectivity index (χ4v) is 5.05. The van der Waals surface area contributed by atoms with Gasteiger partial charge in [0, 0.05) is 38.1 Å². The van der Waals surface area contributed by atoms with E-state index in [1.807, 2.05) is 0 Å². The maximum Gasteiger partial charge on any atom is 0.223 e. The molecule has 3 heterocycles. The molecule has 0 saturated carbocycles. The van der Waals surface area contributed by atoms with Crippen LogP contribution in [0.4, 0.5) is 0 Å². The molecule has 2 saturated heterocycles. The van der Waals surface area contributed by atoms with Crippen molar-refractivity contribution in [2.24, 2.45) is 11.7 Å². The molecule has 6 nitrogen and oxygen atoms in total. The quantitative estimate of drug-likeness (QED) is 0.877. The lowest BCUT2D eigenvalue weighted by atomic mass is 9.82. The van der Waals surface area contributed by atoms with Crippen LogP contribution in [0.3, 0.4) is 0 Å². The summed E-state index contributed by atoms with van der Waals surface area (Å²) >= 11 is 0. The van der Waals surface area contributed by atoms with E-state index < -0.39 is 0 Å². The molecule has 1 aromatic carbocycles. The van der Waals surface area contributed by atoms with Gasteiger partial charge in [0.25, 0.3) is 0 Å². The van der Waals surface area contributed by atoms with Crippen molar-refractivity contribution in [2.45, 2.75) is 50.7 Å². The van der Waals surface area contributed by atoms with Gasteiger partial charge >= 0.3 is 0 Å². The van der Waals surface area contributed by atoms with E-state index in [2.05, 4.69) is 28.9 Å². The van der Waals surface area contributed by atoms with Crippen molar-refractivity contribution in [3.05, 3.63) is 23.3 Å². The van der Waals surface area contributed by atoms with E-state index in [9.17, 15) is 4.79 Å². The van der Waals surface area contributed by atoms with Gasteiger partial charge in [0.2, 0.25) is 5.91 Å². The van der Waals surface area contributed by atoms with E-state index in [0.29, 0.717) is 18.4 Å². The van der Waals surface area contributed by atoms with Crippen LogP contribution in [0.25, 0.3) is 0 Å². The van der Waals surface area contributed by atoms with Crippen LogP contribution in [0.5, 0.6) is 11.5 Å². The molecule has 1 aromatic rings. The van der Waals surface area contributed by atoms with Crippen LogP contribution in [0.2, 0.25) is 0 Å². The lowest BCUT2D eigenvalue weighted by molar-refractivity contribution is -0.139. The van der Waals surface area contributed by atoms with E-state index in [-0.39, 0.29) is 18.0 Å². The number of nitrogens with zero attached hydrogens (tertiary/aromatic N) is 2. The lowest BCUT2D eigenvalue weighted by Crippen LogP contribution is -2.62. The largest absolute Gasteiger partial charge is 0.493 e. The van der Waals surface area contributed by atoms with Gasteiger partial charge in [0.05, 0.1) is 20.3 Å². The molecule has 3 aliphatic rings. The molecule has 0 aromatic heterocycles. The first-order chi connectivity index (χ1) is 13.0. The first kappa shape index (κ1) is 18.6. The Morgan fingerprint density at radius 3 is 2.59 bits per heavy atom. The number of hydrogen-bond donors (Lipinski definition) is 1. The van der Waals surface area contributed by atoms with Crippen molar-refractivity contribution in [2.75, 3.05) is 33.9 Å². The highest BCUT2D eigenvalue weighted by atomic mass is 16.5. The monoisotopic (exact) mass is 373 g/mol. The van der Waals surface area contributed by atoms with Crippen molar-refractivity contribution in [1.82, 2.24) is 9.80 Å². The zero-order valence-corrected chi connectivity index (χ0v) is 16.6. The minimum atomic E-state index is 0.00246. The van der Waals surface area contributed by atoms with Crippen LogP contribution in [-0.4, -0.2) is 61.6 Å². The second-order valence-electron chi connectivity index (χ2n) is 8.32. The molecule has 27 heavy (non-hydrogen) atoms. The van der Waals surface area contributed by atoms with Crippen molar-refractivity contribution in [3.63, 3.8) is 0 Å². The normalized spacial score (nSPS) is 31.3. The summed E-state index contributed by atoms with van der Waals surface area (Å²) < 4.78 is 11.0. The molecular weight excluding hydrogens is 342 g/mol. The number of hydrogen-bond acceptors (Lipinski definition) is 5. The fourth-order valence-electron chi connectivity index (χ4n) is 5.05. The Labute approximate surface area is 161 Å². The number of benzene rings is 1. The Morgan fingerprint density at radius 2 is 1.89 bits per heavy atom. The highest BCUT2D eigenvalue weighted by Gasteiger charge is 2.42. The first-order valence-electron chi connectivity index (χ1n) is 10.1. The summed E-state index contributed by atoms with van der Waals surface area (Å²) in [6.45, 7) is 4.86. The number of amides is 1. The van der Waals surface area contributed by atoms with Gasteiger partial charge in [-0.15, -0.1) is 0 Å². The number of likely N-dealkylation sites (tertiary alicyclic amines) is 1. The predicted octanol–water partition coefficient (Wildman–Crippen LogP) is 1.96. The average molecular weight is 373 g/mol. The smallest absolute Gasteiger partial charge is 0.223 e. The van der Waals surface area contributed by atoms with E-state index >= 15 is 0 Å². The summed E-state index contributed by atoms with van der Waals surface area (Å²) in [5.41, 5.74) is 9.24. The summed E-state index contributed by atoms with van der Waals surface area (Å²) in [5.74, 6) is 2.33. The van der Waals surface area contributed by atoms with Crippen LogP contribution < -0.4 is 15.2 Å². The molecule has 2 N–H and O–H groups in total. The Bertz CT molecular complexity index is 723. The van der Waals surface area contributed by atoms with Crippen LogP contribution in [0.1, 0.15) is 43.4 Å². The third-order valence-electron chi connectivity index (χ3n) is 6.63. The van der Waals surface area contributed by atoms with E-state index in [0.717, 1.165) is 50.4 Å². The summed E-state index contributed by atoms with van der Waals surface area (Å²) in [6.07, 6.45) is 3.59. The molecule has 4 atom stereocenters.